The second kappa shape index (κ2) is 8.49. The molecule has 0 unspecified atom stereocenters. The third-order valence-electron chi connectivity index (χ3n) is 3.28. The van der Waals surface area contributed by atoms with E-state index in [1.165, 1.54) is 23.9 Å². The van der Waals surface area contributed by atoms with Gasteiger partial charge in [0.15, 0.2) is 0 Å². The molecule has 0 fully saturated rings. The topological polar surface area (TPSA) is 54.9 Å². The Morgan fingerprint density at radius 3 is 2.31 bits per heavy atom. The Balaban J connectivity index is 1.57. The fraction of sp³-hybridized carbons (Fsp3) is 0.0556. The maximum absolute atomic E-state index is 13.0. The summed E-state index contributed by atoms with van der Waals surface area (Å²) in [7, 11) is 0. The quantitative estimate of drug-likeness (QED) is 0.581. The fourth-order valence-corrected chi connectivity index (χ4v) is 3.27. The Morgan fingerprint density at radius 1 is 1.00 bits per heavy atom. The molecule has 1 heterocycles. The lowest BCUT2D eigenvalue weighted by Gasteiger charge is -2.06. The van der Waals surface area contributed by atoms with Crippen molar-refractivity contribution in [2.24, 2.45) is 0 Å². The van der Waals surface area contributed by atoms with E-state index in [9.17, 15) is 9.18 Å². The molecular formula is C18H12Cl2FN3OS. The van der Waals surface area contributed by atoms with Crippen LogP contribution in [0, 0.1) is 5.82 Å². The molecule has 0 radical (unpaired) electrons. The molecule has 4 nitrogen and oxygen atoms in total. The number of amides is 1. The van der Waals surface area contributed by atoms with E-state index in [0.29, 0.717) is 26.5 Å². The molecular weight excluding hydrogens is 396 g/mol. The van der Waals surface area contributed by atoms with E-state index in [0.717, 1.165) is 5.56 Å². The first-order valence-corrected chi connectivity index (χ1v) is 9.22. The van der Waals surface area contributed by atoms with E-state index < -0.39 is 0 Å². The number of aromatic nitrogens is 2. The van der Waals surface area contributed by atoms with Crippen molar-refractivity contribution in [2.45, 2.75) is 5.03 Å². The number of halogens is 3. The first kappa shape index (κ1) is 18.6. The molecule has 0 aliphatic carbocycles. The lowest BCUT2D eigenvalue weighted by molar-refractivity contribution is -0.113. The van der Waals surface area contributed by atoms with Gasteiger partial charge in [-0.3, -0.25) is 4.79 Å². The van der Waals surface area contributed by atoms with Crippen LogP contribution in [-0.4, -0.2) is 21.9 Å². The standard InChI is InChI=1S/C18H12Cl2FN3OS/c19-12-7-13(20)9-15(8-12)22-17(25)10-26-18-6-5-16(23-24-18)11-1-3-14(21)4-2-11/h1-9H,10H2,(H,22,25). The molecule has 26 heavy (non-hydrogen) atoms. The molecule has 1 amide bonds. The zero-order valence-corrected chi connectivity index (χ0v) is 15.6. The summed E-state index contributed by atoms with van der Waals surface area (Å²) in [5.74, 6) is -0.354. The highest BCUT2D eigenvalue weighted by Gasteiger charge is 2.07. The Hall–Kier alpha value is -2.15. The average molecular weight is 408 g/mol. The number of hydrogen-bond acceptors (Lipinski definition) is 4. The molecule has 0 saturated carbocycles. The number of rotatable bonds is 5. The van der Waals surface area contributed by atoms with E-state index in [1.54, 1.807) is 42.5 Å². The zero-order chi connectivity index (χ0) is 18.5. The summed E-state index contributed by atoms with van der Waals surface area (Å²) in [6.45, 7) is 0. The van der Waals surface area contributed by atoms with Crippen LogP contribution in [0.5, 0.6) is 0 Å². The van der Waals surface area contributed by atoms with Gasteiger partial charge in [0.05, 0.1) is 11.4 Å². The summed E-state index contributed by atoms with van der Waals surface area (Å²) in [6, 6.07) is 14.4. The van der Waals surface area contributed by atoms with Crippen LogP contribution >= 0.6 is 35.0 Å². The molecule has 1 aromatic heterocycles. The molecule has 0 bridgehead atoms. The van der Waals surface area contributed by atoms with Gasteiger partial charge in [-0.2, -0.15) is 0 Å². The highest BCUT2D eigenvalue weighted by Crippen LogP contribution is 2.23. The molecule has 132 valence electrons. The fourth-order valence-electron chi connectivity index (χ4n) is 2.13. The van der Waals surface area contributed by atoms with Gasteiger partial charge in [0.1, 0.15) is 10.8 Å². The van der Waals surface area contributed by atoms with Gasteiger partial charge in [-0.15, -0.1) is 10.2 Å². The number of hydrogen-bond donors (Lipinski definition) is 1. The monoisotopic (exact) mass is 407 g/mol. The van der Waals surface area contributed by atoms with Crippen LogP contribution in [-0.2, 0) is 4.79 Å². The molecule has 0 atom stereocenters. The van der Waals surface area contributed by atoms with E-state index in [4.69, 9.17) is 23.2 Å². The van der Waals surface area contributed by atoms with Crippen molar-refractivity contribution in [3.05, 3.63) is 70.5 Å². The number of carbonyl (C=O) groups is 1. The first-order valence-electron chi connectivity index (χ1n) is 7.48. The number of carbonyl (C=O) groups excluding carboxylic acids is 1. The van der Waals surface area contributed by atoms with Crippen molar-refractivity contribution in [1.29, 1.82) is 0 Å². The highest BCUT2D eigenvalue weighted by atomic mass is 35.5. The summed E-state index contributed by atoms with van der Waals surface area (Å²) < 4.78 is 13.0. The smallest absolute Gasteiger partial charge is 0.234 e. The number of thioether (sulfide) groups is 1. The number of benzene rings is 2. The van der Waals surface area contributed by atoms with Crippen LogP contribution in [0.4, 0.5) is 10.1 Å². The highest BCUT2D eigenvalue weighted by molar-refractivity contribution is 7.99. The Bertz CT molecular complexity index is 900. The van der Waals surface area contributed by atoms with E-state index in [-0.39, 0.29) is 17.5 Å². The Morgan fingerprint density at radius 2 is 1.69 bits per heavy atom. The van der Waals surface area contributed by atoms with Gasteiger partial charge >= 0.3 is 0 Å². The van der Waals surface area contributed by atoms with E-state index in [1.807, 2.05) is 0 Å². The van der Waals surface area contributed by atoms with Gasteiger partial charge in [-0.05, 0) is 54.6 Å². The summed E-state index contributed by atoms with van der Waals surface area (Å²) in [5.41, 5.74) is 1.93. The van der Waals surface area contributed by atoms with Crippen molar-refractivity contribution in [1.82, 2.24) is 10.2 Å². The van der Waals surface area contributed by atoms with Gasteiger partial charge in [-0.25, -0.2) is 4.39 Å². The zero-order valence-electron chi connectivity index (χ0n) is 13.2. The van der Waals surface area contributed by atoms with Crippen molar-refractivity contribution >= 4 is 46.6 Å². The maximum Gasteiger partial charge on any atom is 0.234 e. The number of nitrogens with one attached hydrogen (secondary N) is 1. The average Bonchev–Trinajstić information content (AvgIpc) is 2.60. The summed E-state index contributed by atoms with van der Waals surface area (Å²) >= 11 is 13.1. The number of anilines is 1. The summed E-state index contributed by atoms with van der Waals surface area (Å²) in [5, 5.41) is 12.4. The van der Waals surface area contributed by atoms with Gasteiger partial charge in [0.2, 0.25) is 5.91 Å². The van der Waals surface area contributed by atoms with Crippen LogP contribution in [0.15, 0.2) is 59.6 Å². The van der Waals surface area contributed by atoms with Gasteiger partial charge < -0.3 is 5.32 Å². The maximum atomic E-state index is 13.0. The second-order valence-corrected chi connectivity index (χ2v) is 7.13. The SMILES string of the molecule is O=C(CSc1ccc(-c2ccc(F)cc2)nn1)Nc1cc(Cl)cc(Cl)c1. The van der Waals surface area contributed by atoms with Crippen LogP contribution in [0.3, 0.4) is 0 Å². The summed E-state index contributed by atoms with van der Waals surface area (Å²) in [4.78, 5) is 12.0. The Kier molecular flexibility index (Phi) is 6.08. The molecule has 2 aromatic carbocycles. The molecule has 0 aliphatic heterocycles. The van der Waals surface area contributed by atoms with Crippen LogP contribution in [0.1, 0.15) is 0 Å². The minimum Gasteiger partial charge on any atom is -0.325 e. The minimum absolute atomic E-state index is 0.161. The van der Waals surface area contributed by atoms with Crippen molar-refractivity contribution in [3.8, 4) is 11.3 Å². The predicted octanol–water partition coefficient (Wildman–Crippen LogP) is 5.32. The number of nitrogens with zero attached hydrogens (tertiary/aromatic N) is 2. The minimum atomic E-state index is -0.305. The first-order chi connectivity index (χ1) is 12.5. The van der Waals surface area contributed by atoms with Gasteiger partial charge in [-0.1, -0.05) is 35.0 Å². The summed E-state index contributed by atoms with van der Waals surface area (Å²) in [6.07, 6.45) is 0. The molecule has 3 aromatic rings. The molecule has 0 aliphatic rings. The molecule has 1 N–H and O–H groups in total. The third-order valence-corrected chi connectivity index (χ3v) is 4.63. The normalized spacial score (nSPS) is 10.6. The lowest BCUT2D eigenvalue weighted by atomic mass is 10.1. The molecule has 3 rings (SSSR count). The predicted molar refractivity (Wildman–Crippen MR) is 103 cm³/mol. The molecule has 8 heteroatoms. The largest absolute Gasteiger partial charge is 0.325 e. The molecule has 0 spiro atoms. The van der Waals surface area contributed by atoms with Crippen LogP contribution in [0.2, 0.25) is 10.0 Å². The lowest BCUT2D eigenvalue weighted by Crippen LogP contribution is -2.14. The van der Waals surface area contributed by atoms with Crippen LogP contribution < -0.4 is 5.32 Å². The van der Waals surface area contributed by atoms with Gasteiger partial charge in [0.25, 0.3) is 0 Å². The van der Waals surface area contributed by atoms with Gasteiger partial charge in [0, 0.05) is 21.3 Å². The van der Waals surface area contributed by atoms with Crippen LogP contribution in [0.25, 0.3) is 11.3 Å². The van der Waals surface area contributed by atoms with Crippen molar-refractivity contribution < 1.29 is 9.18 Å². The van der Waals surface area contributed by atoms with Crippen molar-refractivity contribution in [2.75, 3.05) is 11.1 Å². The third kappa shape index (κ3) is 5.17. The molecule has 0 saturated heterocycles. The van der Waals surface area contributed by atoms with E-state index >= 15 is 0 Å². The Labute approximate surface area is 163 Å². The second-order valence-electron chi connectivity index (χ2n) is 5.26. The van der Waals surface area contributed by atoms with E-state index in [2.05, 4.69) is 15.5 Å². The van der Waals surface area contributed by atoms with Crippen molar-refractivity contribution in [3.63, 3.8) is 0 Å².